The van der Waals surface area contributed by atoms with Gasteiger partial charge in [-0.05, 0) is 48.9 Å². The predicted molar refractivity (Wildman–Crippen MR) is 133 cm³/mol. The molecular weight excluding hydrogens is 472 g/mol. The maximum Gasteiger partial charge on any atom is 0.270 e. The van der Waals surface area contributed by atoms with E-state index in [0.29, 0.717) is 59.7 Å². The molecule has 0 atom stereocenters. The van der Waals surface area contributed by atoms with Gasteiger partial charge in [-0.1, -0.05) is 17.7 Å². The van der Waals surface area contributed by atoms with Crippen LogP contribution in [0.5, 0.6) is 0 Å². The fourth-order valence-corrected chi connectivity index (χ4v) is 4.16. The summed E-state index contributed by atoms with van der Waals surface area (Å²) < 4.78 is 11.3. The van der Waals surface area contributed by atoms with E-state index in [1.165, 1.54) is 12.1 Å². The lowest BCUT2D eigenvalue weighted by Crippen LogP contribution is -2.37. The lowest BCUT2D eigenvalue weighted by atomic mass is 10.1. The van der Waals surface area contributed by atoms with E-state index in [0.717, 1.165) is 11.1 Å². The van der Waals surface area contributed by atoms with Crippen molar-refractivity contribution in [3.05, 3.63) is 80.9 Å². The highest BCUT2D eigenvalue weighted by Gasteiger charge is 2.23. The number of fused-ring (bicyclic) bond motifs is 1. The standard InChI is InChI=1S/C25H21ClN4O5/c1-15-2-6-20-23(12-15)35-25(28-20)16-3-5-19(26)21(13-16)27-24(31)18-14-17(30(32)33)4-7-22(18)29-8-10-34-11-9-29/h2-7,12-14H,8-11H2,1H3,(H,27,31). The number of aryl methyl sites for hydroxylation is 1. The molecule has 1 aliphatic heterocycles. The average molecular weight is 493 g/mol. The molecule has 9 nitrogen and oxygen atoms in total. The first-order valence-corrected chi connectivity index (χ1v) is 11.4. The number of hydrogen-bond acceptors (Lipinski definition) is 7. The van der Waals surface area contributed by atoms with Gasteiger partial charge in [0.2, 0.25) is 5.89 Å². The monoisotopic (exact) mass is 492 g/mol. The number of hydrogen-bond donors (Lipinski definition) is 1. The lowest BCUT2D eigenvalue weighted by molar-refractivity contribution is -0.384. The number of aromatic nitrogens is 1. The van der Waals surface area contributed by atoms with E-state index < -0.39 is 10.8 Å². The Bertz CT molecular complexity index is 1450. The Morgan fingerprint density at radius 1 is 1.11 bits per heavy atom. The zero-order valence-electron chi connectivity index (χ0n) is 18.8. The fraction of sp³-hybridized carbons (Fsp3) is 0.200. The largest absolute Gasteiger partial charge is 0.436 e. The molecule has 3 aromatic carbocycles. The van der Waals surface area contributed by atoms with Crippen LogP contribution in [0.3, 0.4) is 0 Å². The number of oxazole rings is 1. The van der Waals surface area contributed by atoms with Crippen LogP contribution in [0, 0.1) is 17.0 Å². The van der Waals surface area contributed by atoms with Crippen molar-refractivity contribution in [2.75, 3.05) is 36.5 Å². The number of nitro groups is 1. The van der Waals surface area contributed by atoms with Gasteiger partial charge in [0.1, 0.15) is 5.52 Å². The number of non-ortho nitro benzene ring substituents is 1. The van der Waals surface area contributed by atoms with Crippen molar-refractivity contribution in [1.29, 1.82) is 0 Å². The van der Waals surface area contributed by atoms with Gasteiger partial charge < -0.3 is 19.4 Å². The van der Waals surface area contributed by atoms with E-state index in [1.54, 1.807) is 24.3 Å². The number of halogens is 1. The number of nitrogens with one attached hydrogen (secondary N) is 1. The van der Waals surface area contributed by atoms with Crippen LogP contribution in [0.2, 0.25) is 5.02 Å². The Hall–Kier alpha value is -3.95. The van der Waals surface area contributed by atoms with E-state index in [-0.39, 0.29) is 11.3 Å². The van der Waals surface area contributed by atoms with Crippen molar-refractivity contribution in [3.8, 4) is 11.5 Å². The number of morpholine rings is 1. The number of carbonyl (C=O) groups excluding carboxylic acids is 1. The first-order chi connectivity index (χ1) is 16.9. The van der Waals surface area contributed by atoms with Gasteiger partial charge in [0.05, 0.1) is 40.1 Å². The van der Waals surface area contributed by atoms with Crippen molar-refractivity contribution in [2.45, 2.75) is 6.92 Å². The molecule has 2 heterocycles. The van der Waals surface area contributed by atoms with Crippen LogP contribution in [-0.4, -0.2) is 42.1 Å². The minimum absolute atomic E-state index is 0.172. The predicted octanol–water partition coefficient (Wildman–Crippen LogP) is 5.45. The number of nitrogens with zero attached hydrogens (tertiary/aromatic N) is 3. The van der Waals surface area contributed by atoms with Crippen LogP contribution in [0.25, 0.3) is 22.6 Å². The summed E-state index contributed by atoms with van der Waals surface area (Å²) in [6.45, 7) is 4.14. The zero-order chi connectivity index (χ0) is 24.5. The number of benzene rings is 3. The quantitative estimate of drug-likeness (QED) is 0.291. The summed E-state index contributed by atoms with van der Waals surface area (Å²) in [4.78, 5) is 30.7. The van der Waals surface area contributed by atoms with Gasteiger partial charge >= 0.3 is 0 Å². The summed E-state index contributed by atoms with van der Waals surface area (Å²) in [5.41, 5.74) is 4.01. The SMILES string of the molecule is Cc1ccc2nc(-c3ccc(Cl)c(NC(=O)c4cc([N+](=O)[O-])ccc4N4CCOCC4)c3)oc2c1. The summed E-state index contributed by atoms with van der Waals surface area (Å²) in [5.74, 6) is -0.121. The van der Waals surface area contributed by atoms with Crippen molar-refractivity contribution in [2.24, 2.45) is 0 Å². The first-order valence-electron chi connectivity index (χ1n) is 11.0. The zero-order valence-corrected chi connectivity index (χ0v) is 19.5. The van der Waals surface area contributed by atoms with Gasteiger partial charge in [-0.15, -0.1) is 0 Å². The molecule has 1 saturated heterocycles. The smallest absolute Gasteiger partial charge is 0.270 e. The highest BCUT2D eigenvalue weighted by molar-refractivity contribution is 6.34. The molecule has 0 radical (unpaired) electrons. The number of ether oxygens (including phenoxy) is 1. The third-order valence-electron chi connectivity index (χ3n) is 5.79. The molecule has 5 rings (SSSR count). The maximum absolute atomic E-state index is 13.3. The van der Waals surface area contributed by atoms with Gasteiger partial charge in [-0.25, -0.2) is 4.98 Å². The van der Waals surface area contributed by atoms with Crippen LogP contribution in [0.4, 0.5) is 17.1 Å². The molecule has 35 heavy (non-hydrogen) atoms. The van der Waals surface area contributed by atoms with Gasteiger partial charge in [-0.3, -0.25) is 14.9 Å². The second-order valence-corrected chi connectivity index (χ2v) is 8.60. The van der Waals surface area contributed by atoms with Crippen LogP contribution in [0.15, 0.2) is 59.0 Å². The molecular formula is C25H21ClN4O5. The number of amides is 1. The molecule has 1 N–H and O–H groups in total. The van der Waals surface area contributed by atoms with E-state index >= 15 is 0 Å². The third kappa shape index (κ3) is 4.68. The third-order valence-corrected chi connectivity index (χ3v) is 6.12. The van der Waals surface area contributed by atoms with Gasteiger partial charge in [0.25, 0.3) is 11.6 Å². The van der Waals surface area contributed by atoms with Gasteiger partial charge in [0.15, 0.2) is 5.58 Å². The molecule has 0 bridgehead atoms. The fourth-order valence-electron chi connectivity index (χ4n) is 4.00. The Labute approximate surface area is 205 Å². The highest BCUT2D eigenvalue weighted by atomic mass is 35.5. The Kier molecular flexibility index (Phi) is 6.10. The number of anilines is 2. The Morgan fingerprint density at radius 2 is 1.91 bits per heavy atom. The van der Waals surface area contributed by atoms with Gasteiger partial charge in [0, 0.05) is 30.8 Å². The van der Waals surface area contributed by atoms with E-state index in [9.17, 15) is 14.9 Å². The topological polar surface area (TPSA) is 111 Å². The van der Waals surface area contributed by atoms with Gasteiger partial charge in [-0.2, -0.15) is 0 Å². The molecule has 4 aromatic rings. The molecule has 178 valence electrons. The summed E-state index contributed by atoms with van der Waals surface area (Å²) >= 11 is 6.38. The van der Waals surface area contributed by atoms with Crippen molar-refractivity contribution >= 4 is 45.7 Å². The average Bonchev–Trinajstić information content (AvgIpc) is 3.28. The number of rotatable bonds is 5. The molecule has 1 aromatic heterocycles. The minimum atomic E-state index is -0.525. The summed E-state index contributed by atoms with van der Waals surface area (Å²) in [6.07, 6.45) is 0. The molecule has 1 aliphatic rings. The molecule has 0 saturated carbocycles. The van der Waals surface area contributed by atoms with Crippen LogP contribution < -0.4 is 10.2 Å². The molecule has 10 heteroatoms. The van der Waals surface area contributed by atoms with Crippen molar-refractivity contribution < 1.29 is 18.9 Å². The summed E-state index contributed by atoms with van der Waals surface area (Å²) in [6, 6.07) is 15.1. The summed E-state index contributed by atoms with van der Waals surface area (Å²) in [7, 11) is 0. The van der Waals surface area contributed by atoms with E-state index in [2.05, 4.69) is 10.3 Å². The second-order valence-electron chi connectivity index (χ2n) is 8.20. The van der Waals surface area contributed by atoms with E-state index in [1.807, 2.05) is 30.0 Å². The molecule has 0 unspecified atom stereocenters. The lowest BCUT2D eigenvalue weighted by Gasteiger charge is -2.30. The maximum atomic E-state index is 13.3. The Balaban J connectivity index is 1.48. The van der Waals surface area contributed by atoms with Crippen LogP contribution in [0.1, 0.15) is 15.9 Å². The molecule has 1 fully saturated rings. The van der Waals surface area contributed by atoms with Crippen LogP contribution in [-0.2, 0) is 4.74 Å². The van der Waals surface area contributed by atoms with Crippen molar-refractivity contribution in [1.82, 2.24) is 4.98 Å². The second kappa shape index (κ2) is 9.36. The van der Waals surface area contributed by atoms with Crippen molar-refractivity contribution in [3.63, 3.8) is 0 Å². The molecule has 0 spiro atoms. The van der Waals surface area contributed by atoms with Crippen LogP contribution >= 0.6 is 11.6 Å². The number of carbonyl (C=O) groups is 1. The molecule has 1 amide bonds. The minimum Gasteiger partial charge on any atom is -0.436 e. The van der Waals surface area contributed by atoms with E-state index in [4.69, 9.17) is 20.8 Å². The summed E-state index contributed by atoms with van der Waals surface area (Å²) in [5, 5.41) is 14.5. The number of nitro benzene ring substituents is 1. The Morgan fingerprint density at radius 3 is 2.69 bits per heavy atom. The highest BCUT2D eigenvalue weighted by Crippen LogP contribution is 2.32. The first kappa shape index (κ1) is 22.8. The molecule has 0 aliphatic carbocycles. The normalized spacial score (nSPS) is 13.7.